The smallest absolute Gasteiger partial charge is 0.273 e. The summed E-state index contributed by atoms with van der Waals surface area (Å²) in [6.07, 6.45) is 0.640. The van der Waals surface area contributed by atoms with Crippen molar-refractivity contribution >= 4 is 16.8 Å². The molecule has 25 heavy (non-hydrogen) atoms. The lowest BCUT2D eigenvalue weighted by Crippen LogP contribution is -2.33. The first-order chi connectivity index (χ1) is 12.2. The van der Waals surface area contributed by atoms with Gasteiger partial charge >= 0.3 is 0 Å². The van der Waals surface area contributed by atoms with E-state index in [0.29, 0.717) is 24.5 Å². The molecule has 1 aliphatic heterocycles. The Kier molecular flexibility index (Phi) is 3.93. The molecule has 2 aromatic heterocycles. The van der Waals surface area contributed by atoms with E-state index in [2.05, 4.69) is 20.2 Å². The average molecular weight is 337 g/mol. The second-order valence-electron chi connectivity index (χ2n) is 6.23. The zero-order chi connectivity index (χ0) is 17.4. The van der Waals surface area contributed by atoms with Gasteiger partial charge in [-0.15, -0.1) is 0 Å². The number of carbonyl (C=O) groups is 1. The summed E-state index contributed by atoms with van der Waals surface area (Å²) in [5.74, 6) is 1.22. The molecule has 1 N–H and O–H groups in total. The maximum Gasteiger partial charge on any atom is 0.273 e. The maximum atomic E-state index is 13.1. The van der Waals surface area contributed by atoms with Crippen molar-refractivity contribution in [1.29, 1.82) is 0 Å². The third kappa shape index (κ3) is 2.87. The number of para-hydroxylation sites is 1. The predicted octanol–water partition coefficient (Wildman–Crippen LogP) is 2.26. The molecule has 7 nitrogen and oxygen atoms in total. The average Bonchev–Trinajstić information content (AvgIpc) is 3.26. The number of hydrogen-bond donors (Lipinski definition) is 1. The Morgan fingerprint density at radius 3 is 2.84 bits per heavy atom. The van der Waals surface area contributed by atoms with E-state index < -0.39 is 0 Å². The largest absolute Gasteiger partial charge is 0.380 e. The fraction of sp³-hybridized carbons (Fsp3) is 0.333. The Morgan fingerprint density at radius 1 is 1.24 bits per heavy atom. The van der Waals surface area contributed by atoms with Gasteiger partial charge in [-0.1, -0.05) is 24.3 Å². The van der Waals surface area contributed by atoms with E-state index in [1.165, 1.54) is 0 Å². The van der Waals surface area contributed by atoms with Gasteiger partial charge in [-0.05, 0) is 19.1 Å². The van der Waals surface area contributed by atoms with E-state index in [4.69, 9.17) is 4.74 Å². The lowest BCUT2D eigenvalue weighted by molar-refractivity contribution is 0.0679. The van der Waals surface area contributed by atoms with Crippen molar-refractivity contribution in [2.45, 2.75) is 25.5 Å². The molecule has 7 heteroatoms. The molecule has 128 valence electrons. The highest BCUT2D eigenvalue weighted by Gasteiger charge is 2.39. The van der Waals surface area contributed by atoms with Crippen LogP contribution in [0.2, 0.25) is 0 Å². The van der Waals surface area contributed by atoms with Crippen molar-refractivity contribution in [1.82, 2.24) is 25.1 Å². The van der Waals surface area contributed by atoms with E-state index in [1.807, 2.05) is 37.3 Å². The number of pyridine rings is 1. The molecule has 1 saturated heterocycles. The van der Waals surface area contributed by atoms with Gasteiger partial charge in [-0.2, -0.15) is 5.10 Å². The Morgan fingerprint density at radius 2 is 2.08 bits per heavy atom. The SMILES string of the molecule is CO[C@H]1C[C@@H](c2n[nH]c(C)n2)N(C(=O)c2ccc3ccccc3n2)C1. The Hall–Kier alpha value is -2.80. The summed E-state index contributed by atoms with van der Waals surface area (Å²) >= 11 is 0. The molecule has 1 amide bonds. The molecule has 0 unspecified atom stereocenters. The van der Waals surface area contributed by atoms with Crippen molar-refractivity contribution in [2.24, 2.45) is 0 Å². The number of methoxy groups -OCH3 is 1. The van der Waals surface area contributed by atoms with Gasteiger partial charge < -0.3 is 9.64 Å². The van der Waals surface area contributed by atoms with Gasteiger partial charge in [0.15, 0.2) is 5.82 Å². The highest BCUT2D eigenvalue weighted by Crippen LogP contribution is 2.32. The quantitative estimate of drug-likeness (QED) is 0.792. The second-order valence-corrected chi connectivity index (χ2v) is 6.23. The molecule has 1 aliphatic rings. The van der Waals surface area contributed by atoms with Crippen molar-refractivity contribution in [3.05, 3.63) is 53.7 Å². The number of fused-ring (bicyclic) bond motifs is 1. The minimum absolute atomic E-state index is 0.0341. The number of nitrogens with zero attached hydrogens (tertiary/aromatic N) is 4. The van der Waals surface area contributed by atoms with E-state index in [0.717, 1.165) is 16.7 Å². The summed E-state index contributed by atoms with van der Waals surface area (Å²) in [6.45, 7) is 2.35. The van der Waals surface area contributed by atoms with Crippen LogP contribution >= 0.6 is 0 Å². The molecule has 4 rings (SSSR count). The number of rotatable bonds is 3. The van der Waals surface area contributed by atoms with Gasteiger partial charge in [-0.3, -0.25) is 9.89 Å². The first-order valence-corrected chi connectivity index (χ1v) is 8.24. The van der Waals surface area contributed by atoms with E-state index in [-0.39, 0.29) is 18.1 Å². The molecule has 0 saturated carbocycles. The molecular weight excluding hydrogens is 318 g/mol. The second kappa shape index (κ2) is 6.25. The monoisotopic (exact) mass is 337 g/mol. The zero-order valence-electron chi connectivity index (χ0n) is 14.1. The van der Waals surface area contributed by atoms with Crippen LogP contribution in [0.1, 0.15) is 34.6 Å². The molecule has 1 aromatic carbocycles. The van der Waals surface area contributed by atoms with Crippen LogP contribution in [0.15, 0.2) is 36.4 Å². The molecule has 0 radical (unpaired) electrons. The van der Waals surface area contributed by atoms with Crippen molar-refractivity contribution < 1.29 is 9.53 Å². The van der Waals surface area contributed by atoms with Gasteiger partial charge in [0.25, 0.3) is 5.91 Å². The first-order valence-electron chi connectivity index (χ1n) is 8.24. The lowest BCUT2D eigenvalue weighted by Gasteiger charge is -2.22. The maximum absolute atomic E-state index is 13.1. The number of aromatic nitrogens is 4. The third-order valence-electron chi connectivity index (χ3n) is 4.59. The molecule has 3 heterocycles. The number of ether oxygens (including phenoxy) is 1. The Labute approximate surface area is 145 Å². The fourth-order valence-electron chi connectivity index (χ4n) is 3.28. The molecule has 2 atom stereocenters. The van der Waals surface area contributed by atoms with Crippen molar-refractivity contribution in [3.63, 3.8) is 0 Å². The van der Waals surface area contributed by atoms with E-state index >= 15 is 0 Å². The van der Waals surface area contributed by atoms with Crippen LogP contribution in [-0.2, 0) is 4.74 Å². The summed E-state index contributed by atoms with van der Waals surface area (Å²) < 4.78 is 5.48. The van der Waals surface area contributed by atoms with E-state index in [1.54, 1.807) is 18.1 Å². The number of carbonyl (C=O) groups excluding carboxylic acids is 1. The molecule has 0 bridgehead atoms. The summed E-state index contributed by atoms with van der Waals surface area (Å²) in [7, 11) is 1.66. The van der Waals surface area contributed by atoms with Gasteiger partial charge in [0.2, 0.25) is 0 Å². The Bertz CT molecular complexity index is 922. The summed E-state index contributed by atoms with van der Waals surface area (Å²) in [5.41, 5.74) is 1.23. The van der Waals surface area contributed by atoms with Crippen LogP contribution in [0.4, 0.5) is 0 Å². The van der Waals surface area contributed by atoms with Gasteiger partial charge in [0.05, 0.1) is 17.7 Å². The lowest BCUT2D eigenvalue weighted by atomic mass is 10.1. The number of H-pyrrole nitrogens is 1. The molecule has 0 aliphatic carbocycles. The van der Waals surface area contributed by atoms with Crippen LogP contribution in [0.3, 0.4) is 0 Å². The first kappa shape index (κ1) is 15.7. The van der Waals surface area contributed by atoms with Crippen LogP contribution in [0, 0.1) is 6.92 Å². The highest BCUT2D eigenvalue weighted by molar-refractivity contribution is 5.95. The number of likely N-dealkylation sites (tertiary alicyclic amines) is 1. The van der Waals surface area contributed by atoms with Crippen molar-refractivity contribution in [2.75, 3.05) is 13.7 Å². The van der Waals surface area contributed by atoms with E-state index in [9.17, 15) is 4.79 Å². The van der Waals surface area contributed by atoms with Crippen LogP contribution in [0.5, 0.6) is 0 Å². The van der Waals surface area contributed by atoms with Crippen LogP contribution < -0.4 is 0 Å². The zero-order valence-corrected chi connectivity index (χ0v) is 14.1. The Balaban J connectivity index is 1.68. The van der Waals surface area contributed by atoms with Gasteiger partial charge in [0.1, 0.15) is 11.5 Å². The third-order valence-corrected chi connectivity index (χ3v) is 4.59. The summed E-state index contributed by atoms with van der Waals surface area (Å²) in [5, 5.41) is 8.09. The number of hydrogen-bond acceptors (Lipinski definition) is 5. The number of aryl methyl sites for hydroxylation is 1. The molecule has 0 spiro atoms. The summed E-state index contributed by atoms with van der Waals surface area (Å²) in [4.78, 5) is 23.8. The standard InChI is InChI=1S/C18H19N5O2/c1-11-19-17(22-21-11)16-9-13(25-2)10-23(16)18(24)15-8-7-12-5-3-4-6-14(12)20-15/h3-8,13,16H,9-10H2,1-2H3,(H,19,21,22)/t13-,16-/m0/s1. The van der Waals surface area contributed by atoms with Crippen molar-refractivity contribution in [3.8, 4) is 0 Å². The normalized spacial score (nSPS) is 20.3. The number of amides is 1. The predicted molar refractivity (Wildman–Crippen MR) is 92.1 cm³/mol. The van der Waals surface area contributed by atoms with Gasteiger partial charge in [-0.25, -0.2) is 9.97 Å². The molecule has 3 aromatic rings. The minimum Gasteiger partial charge on any atom is -0.380 e. The summed E-state index contributed by atoms with van der Waals surface area (Å²) in [6, 6.07) is 11.2. The molecule has 1 fully saturated rings. The highest BCUT2D eigenvalue weighted by atomic mass is 16.5. The molecular formula is C18H19N5O2. The van der Waals surface area contributed by atoms with Gasteiger partial charge in [0, 0.05) is 25.5 Å². The fourth-order valence-corrected chi connectivity index (χ4v) is 3.28. The topological polar surface area (TPSA) is 84.0 Å². The number of nitrogens with one attached hydrogen (secondary N) is 1. The number of benzene rings is 1. The minimum atomic E-state index is -0.212. The van der Waals surface area contributed by atoms with Crippen LogP contribution in [-0.4, -0.2) is 50.7 Å². The van der Waals surface area contributed by atoms with Crippen LogP contribution in [0.25, 0.3) is 10.9 Å². The number of aromatic amines is 1.